The van der Waals surface area contributed by atoms with Crippen LogP contribution in [0.3, 0.4) is 0 Å². The standard InChI is InChI=1S/C20H30N4O4S.H2/c25-20(18-13-19(28-22-18)14-3-4-14)21-15-11-16-5-6-17(12-15)24(16)29(26,27)10-9-23-7-1-2-8-23;/h13-17H,1-12H2,(H,21,25);1H/t15?,16-,17+;. The Morgan fingerprint density at radius 2 is 1.86 bits per heavy atom. The van der Waals surface area contributed by atoms with Gasteiger partial charge in [0.25, 0.3) is 5.91 Å². The van der Waals surface area contributed by atoms with Crippen LogP contribution in [0.15, 0.2) is 10.6 Å². The average molecular weight is 425 g/mol. The summed E-state index contributed by atoms with van der Waals surface area (Å²) in [5.41, 5.74) is 0.333. The lowest BCUT2D eigenvalue weighted by Crippen LogP contribution is -2.53. The SMILES string of the molecule is O=C(NC1C[C@H]2CC[C@@H](C1)N2S(=O)(=O)CCN1CCCC1)c1cc(C2CC2)on1.[HH]. The van der Waals surface area contributed by atoms with Crippen LogP contribution in [0.2, 0.25) is 0 Å². The Balaban J connectivity index is 0.00000218. The summed E-state index contributed by atoms with van der Waals surface area (Å²) < 4.78 is 33.1. The number of fused-ring (bicyclic) bond motifs is 2. The number of likely N-dealkylation sites (tertiary alicyclic amines) is 1. The minimum Gasteiger partial charge on any atom is -0.360 e. The van der Waals surface area contributed by atoms with E-state index in [1.807, 2.05) is 0 Å². The number of rotatable bonds is 7. The fraction of sp³-hybridized carbons (Fsp3) is 0.800. The predicted octanol–water partition coefficient (Wildman–Crippen LogP) is 1.95. The predicted molar refractivity (Wildman–Crippen MR) is 109 cm³/mol. The molecule has 8 nitrogen and oxygen atoms in total. The minimum absolute atomic E-state index is 0. The van der Waals surface area contributed by atoms with Gasteiger partial charge in [-0.05, 0) is 64.5 Å². The van der Waals surface area contributed by atoms with Gasteiger partial charge < -0.3 is 14.7 Å². The van der Waals surface area contributed by atoms with E-state index in [4.69, 9.17) is 4.52 Å². The molecule has 0 radical (unpaired) electrons. The maximum atomic E-state index is 13.0. The van der Waals surface area contributed by atoms with Crippen molar-refractivity contribution in [1.82, 2.24) is 19.7 Å². The normalized spacial score (nSPS) is 30.7. The largest absolute Gasteiger partial charge is 0.360 e. The van der Waals surface area contributed by atoms with Crippen molar-refractivity contribution in [2.45, 2.75) is 75.4 Å². The molecule has 3 atom stereocenters. The van der Waals surface area contributed by atoms with Gasteiger partial charge in [-0.15, -0.1) is 0 Å². The third-order valence-electron chi connectivity index (χ3n) is 6.93. The second-order valence-electron chi connectivity index (χ2n) is 9.11. The van der Waals surface area contributed by atoms with Crippen LogP contribution in [0.5, 0.6) is 0 Å². The van der Waals surface area contributed by atoms with Crippen LogP contribution in [-0.4, -0.2) is 72.2 Å². The molecule has 5 rings (SSSR count). The molecule has 1 saturated carbocycles. The molecule has 4 aliphatic rings. The van der Waals surface area contributed by atoms with E-state index in [1.54, 1.807) is 10.4 Å². The summed E-state index contributed by atoms with van der Waals surface area (Å²) >= 11 is 0. The van der Waals surface area contributed by atoms with Crippen molar-refractivity contribution in [3.8, 4) is 0 Å². The van der Waals surface area contributed by atoms with Gasteiger partial charge in [0.15, 0.2) is 5.69 Å². The molecular weight excluding hydrogens is 392 g/mol. The highest BCUT2D eigenvalue weighted by molar-refractivity contribution is 7.89. The minimum atomic E-state index is -3.26. The summed E-state index contributed by atoms with van der Waals surface area (Å²) in [5, 5.41) is 6.98. The first-order valence-corrected chi connectivity index (χ1v) is 12.6. The Morgan fingerprint density at radius 3 is 2.52 bits per heavy atom. The molecule has 29 heavy (non-hydrogen) atoms. The molecule has 1 unspecified atom stereocenters. The third kappa shape index (κ3) is 4.09. The van der Waals surface area contributed by atoms with Crippen molar-refractivity contribution in [2.75, 3.05) is 25.4 Å². The van der Waals surface area contributed by atoms with Gasteiger partial charge in [0.05, 0.1) is 5.75 Å². The quantitative estimate of drug-likeness (QED) is 0.719. The van der Waals surface area contributed by atoms with E-state index < -0.39 is 10.0 Å². The first-order valence-electron chi connectivity index (χ1n) is 11.0. The molecule has 3 aliphatic heterocycles. The second kappa shape index (κ2) is 7.67. The second-order valence-corrected chi connectivity index (χ2v) is 11.1. The van der Waals surface area contributed by atoms with Crippen molar-refractivity contribution >= 4 is 15.9 Å². The highest BCUT2D eigenvalue weighted by Crippen LogP contribution is 2.40. The van der Waals surface area contributed by atoms with Crippen LogP contribution in [0.25, 0.3) is 0 Å². The number of nitrogens with one attached hydrogen (secondary N) is 1. The van der Waals surface area contributed by atoms with E-state index >= 15 is 0 Å². The number of hydrogen-bond acceptors (Lipinski definition) is 6. The van der Waals surface area contributed by atoms with E-state index in [2.05, 4.69) is 15.4 Å². The van der Waals surface area contributed by atoms with Crippen LogP contribution in [-0.2, 0) is 10.0 Å². The van der Waals surface area contributed by atoms with Gasteiger partial charge >= 0.3 is 0 Å². The zero-order chi connectivity index (χ0) is 20.0. The van der Waals surface area contributed by atoms with Crippen LogP contribution >= 0.6 is 0 Å². The maximum absolute atomic E-state index is 13.0. The van der Waals surface area contributed by atoms with Gasteiger partial charge in [-0.3, -0.25) is 4.79 Å². The Hall–Kier alpha value is -1.45. The molecule has 3 saturated heterocycles. The van der Waals surface area contributed by atoms with Gasteiger partial charge in [-0.1, -0.05) is 5.16 Å². The van der Waals surface area contributed by atoms with E-state index in [1.165, 1.54) is 12.8 Å². The van der Waals surface area contributed by atoms with Crippen molar-refractivity contribution in [2.24, 2.45) is 0 Å². The first-order chi connectivity index (χ1) is 14.0. The summed E-state index contributed by atoms with van der Waals surface area (Å²) in [4.78, 5) is 14.8. The molecular formula is C20H32N4O4S. The van der Waals surface area contributed by atoms with E-state index in [-0.39, 0.29) is 31.2 Å². The Morgan fingerprint density at radius 1 is 1.17 bits per heavy atom. The molecule has 9 heteroatoms. The number of carbonyl (C=O) groups is 1. The number of hydrogen-bond donors (Lipinski definition) is 1. The summed E-state index contributed by atoms with van der Waals surface area (Å²) in [5.74, 6) is 1.22. The van der Waals surface area contributed by atoms with Crippen LogP contribution < -0.4 is 5.32 Å². The lowest BCUT2D eigenvalue weighted by atomic mass is 9.99. The molecule has 1 aromatic rings. The van der Waals surface area contributed by atoms with Gasteiger partial charge in [0, 0.05) is 38.1 Å². The Labute approximate surface area is 173 Å². The molecule has 4 heterocycles. The Bertz CT molecular complexity index is 852. The van der Waals surface area contributed by atoms with Crippen molar-refractivity contribution < 1.29 is 19.2 Å². The zero-order valence-corrected chi connectivity index (χ0v) is 17.6. The van der Waals surface area contributed by atoms with Crippen molar-refractivity contribution in [3.63, 3.8) is 0 Å². The molecule has 0 aromatic carbocycles. The van der Waals surface area contributed by atoms with Crippen molar-refractivity contribution in [1.29, 1.82) is 0 Å². The smallest absolute Gasteiger partial charge is 0.273 e. The molecule has 0 spiro atoms. The summed E-state index contributed by atoms with van der Waals surface area (Å²) in [7, 11) is -3.26. The summed E-state index contributed by atoms with van der Waals surface area (Å²) in [6, 6.07) is 1.74. The summed E-state index contributed by atoms with van der Waals surface area (Å²) in [6.45, 7) is 2.66. The van der Waals surface area contributed by atoms with Gasteiger partial charge in [0.1, 0.15) is 5.76 Å². The highest BCUT2D eigenvalue weighted by Gasteiger charge is 2.47. The molecule has 1 N–H and O–H groups in total. The number of aromatic nitrogens is 1. The number of piperidine rings is 1. The van der Waals surface area contributed by atoms with Gasteiger partial charge in [-0.25, -0.2) is 8.42 Å². The molecule has 2 bridgehead atoms. The molecule has 1 amide bonds. The van der Waals surface area contributed by atoms with E-state index in [0.29, 0.717) is 31.0 Å². The van der Waals surface area contributed by atoms with E-state index in [0.717, 1.165) is 44.5 Å². The topological polar surface area (TPSA) is 95.8 Å². The number of carbonyl (C=O) groups excluding carboxylic acids is 1. The number of nitrogens with zero attached hydrogens (tertiary/aromatic N) is 3. The van der Waals surface area contributed by atoms with Gasteiger partial charge in [0.2, 0.25) is 10.0 Å². The average Bonchev–Trinajstić information content (AvgIpc) is 3.10. The summed E-state index contributed by atoms with van der Waals surface area (Å²) in [6.07, 6.45) is 7.67. The molecule has 4 fully saturated rings. The van der Waals surface area contributed by atoms with Crippen LogP contribution in [0, 0.1) is 0 Å². The molecule has 162 valence electrons. The first kappa shape index (κ1) is 19.5. The van der Waals surface area contributed by atoms with Crippen molar-refractivity contribution in [3.05, 3.63) is 17.5 Å². The third-order valence-corrected chi connectivity index (χ3v) is 8.86. The lowest BCUT2D eigenvalue weighted by molar-refractivity contribution is 0.0900. The molecule has 1 aliphatic carbocycles. The van der Waals surface area contributed by atoms with Crippen LogP contribution in [0.1, 0.15) is 75.0 Å². The fourth-order valence-corrected chi connectivity index (χ4v) is 7.27. The fourth-order valence-electron chi connectivity index (χ4n) is 5.28. The maximum Gasteiger partial charge on any atom is 0.273 e. The monoisotopic (exact) mass is 424 g/mol. The zero-order valence-electron chi connectivity index (χ0n) is 16.8. The van der Waals surface area contributed by atoms with E-state index in [9.17, 15) is 13.2 Å². The van der Waals surface area contributed by atoms with Crippen LogP contribution in [0.4, 0.5) is 0 Å². The molecule has 1 aromatic heterocycles. The van der Waals surface area contributed by atoms with Gasteiger partial charge in [-0.2, -0.15) is 4.31 Å². The number of amides is 1. The Kier molecular flexibility index (Phi) is 5.16. The lowest BCUT2D eigenvalue weighted by Gasteiger charge is -2.38. The highest BCUT2D eigenvalue weighted by atomic mass is 32.2. The number of sulfonamides is 1.